The van der Waals surface area contributed by atoms with E-state index in [0.29, 0.717) is 0 Å². The molecule has 0 bridgehead atoms. The number of quaternary nitrogens is 1. The number of nitrogens with zero attached hydrogens (tertiary/aromatic N) is 1. The van der Waals surface area contributed by atoms with Crippen molar-refractivity contribution >= 4 is 0 Å². The molecule has 0 aromatic heterocycles. The average molecular weight is 341 g/mol. The predicted molar refractivity (Wildman–Crippen MR) is 112 cm³/mol. The van der Waals surface area contributed by atoms with Gasteiger partial charge in [-0.3, -0.25) is 0 Å². The minimum absolute atomic E-state index is 0.891. The van der Waals surface area contributed by atoms with Gasteiger partial charge < -0.3 is 4.48 Å². The van der Waals surface area contributed by atoms with Crippen LogP contribution >= 0.6 is 0 Å². The van der Waals surface area contributed by atoms with Gasteiger partial charge in [0.05, 0.1) is 26.7 Å². The molecule has 0 amide bonds. The van der Waals surface area contributed by atoms with Crippen LogP contribution < -0.4 is 0 Å². The molecule has 0 N–H and O–H groups in total. The van der Waals surface area contributed by atoms with Crippen LogP contribution in [0.3, 0.4) is 0 Å². The van der Waals surface area contributed by atoms with Crippen molar-refractivity contribution in [3.05, 3.63) is 0 Å². The van der Waals surface area contributed by atoms with E-state index in [2.05, 4.69) is 34.7 Å². The lowest BCUT2D eigenvalue weighted by Gasteiger charge is -2.34. The van der Waals surface area contributed by atoms with E-state index >= 15 is 0 Å². The van der Waals surface area contributed by atoms with Crippen molar-refractivity contribution in [3.8, 4) is 0 Å². The van der Waals surface area contributed by atoms with Crippen molar-refractivity contribution in [2.24, 2.45) is 5.92 Å². The molecule has 0 radical (unpaired) electrons. The number of unbranched alkanes of at least 4 members (excludes halogenated alkanes) is 10. The van der Waals surface area contributed by atoms with Crippen molar-refractivity contribution in [2.75, 3.05) is 26.7 Å². The standard InChI is InChI=1S/C23H50N/c1-6-8-9-17-21-24(5,20-7-2)22-18-15-13-11-10-12-14-16-19-23(3)4/h23H,6-22H2,1-5H3/q+1. The quantitative estimate of drug-likeness (QED) is 0.178. The van der Waals surface area contributed by atoms with Gasteiger partial charge in [-0.05, 0) is 38.0 Å². The SMILES string of the molecule is CCCCCC[N+](C)(CCC)CCCCCCCCCCC(C)C. The molecule has 0 saturated heterocycles. The molecular weight excluding hydrogens is 290 g/mol. The Hall–Kier alpha value is -0.0400. The van der Waals surface area contributed by atoms with Crippen molar-refractivity contribution in [1.82, 2.24) is 0 Å². The highest BCUT2D eigenvalue weighted by molar-refractivity contribution is 4.51. The lowest BCUT2D eigenvalue weighted by Crippen LogP contribution is -2.46. The van der Waals surface area contributed by atoms with E-state index < -0.39 is 0 Å². The summed E-state index contributed by atoms with van der Waals surface area (Å²) in [5.74, 6) is 0.891. The van der Waals surface area contributed by atoms with E-state index in [1.54, 1.807) is 0 Å². The highest BCUT2D eigenvalue weighted by Gasteiger charge is 2.19. The normalized spacial score (nSPS) is 14.2. The van der Waals surface area contributed by atoms with Crippen LogP contribution in [-0.4, -0.2) is 31.2 Å². The van der Waals surface area contributed by atoms with Crippen LogP contribution in [-0.2, 0) is 0 Å². The fourth-order valence-electron chi connectivity index (χ4n) is 3.90. The molecule has 0 aliphatic carbocycles. The number of rotatable bonds is 18. The second-order valence-corrected chi connectivity index (χ2v) is 8.86. The summed E-state index contributed by atoms with van der Waals surface area (Å²) in [6.45, 7) is 13.5. The Morgan fingerprint density at radius 3 is 1.46 bits per heavy atom. The fraction of sp³-hybridized carbons (Fsp3) is 1.00. The molecule has 0 aromatic carbocycles. The van der Waals surface area contributed by atoms with Crippen LogP contribution in [0.2, 0.25) is 0 Å². The lowest BCUT2D eigenvalue weighted by atomic mass is 10.0. The van der Waals surface area contributed by atoms with E-state index in [9.17, 15) is 0 Å². The zero-order valence-electron chi connectivity index (χ0n) is 18.0. The first-order valence-electron chi connectivity index (χ1n) is 11.4. The molecule has 0 aliphatic heterocycles. The molecule has 1 nitrogen and oxygen atoms in total. The Morgan fingerprint density at radius 2 is 1.00 bits per heavy atom. The van der Waals surface area contributed by atoms with Crippen LogP contribution in [0.1, 0.15) is 118 Å². The van der Waals surface area contributed by atoms with Crippen molar-refractivity contribution < 1.29 is 4.48 Å². The van der Waals surface area contributed by atoms with Crippen LogP contribution in [0.4, 0.5) is 0 Å². The van der Waals surface area contributed by atoms with Crippen molar-refractivity contribution in [3.63, 3.8) is 0 Å². The predicted octanol–water partition coefficient (Wildman–Crippen LogP) is 7.59. The van der Waals surface area contributed by atoms with Gasteiger partial charge in [0.2, 0.25) is 0 Å². The summed E-state index contributed by atoms with van der Waals surface area (Å²) >= 11 is 0. The minimum Gasteiger partial charge on any atom is -0.326 e. The Balaban J connectivity index is 3.58. The molecule has 24 heavy (non-hydrogen) atoms. The number of hydrogen-bond acceptors (Lipinski definition) is 0. The molecule has 1 atom stereocenters. The van der Waals surface area contributed by atoms with Crippen molar-refractivity contribution in [1.29, 1.82) is 0 Å². The molecule has 0 rings (SSSR count). The van der Waals surface area contributed by atoms with E-state index in [1.807, 2.05) is 0 Å². The zero-order valence-corrected chi connectivity index (χ0v) is 18.0. The lowest BCUT2D eigenvalue weighted by molar-refractivity contribution is -0.910. The molecule has 146 valence electrons. The maximum atomic E-state index is 2.50. The molecule has 0 saturated carbocycles. The van der Waals surface area contributed by atoms with Crippen LogP contribution in [0.25, 0.3) is 0 Å². The monoisotopic (exact) mass is 340 g/mol. The minimum atomic E-state index is 0.891. The van der Waals surface area contributed by atoms with Gasteiger partial charge >= 0.3 is 0 Å². The summed E-state index contributed by atoms with van der Waals surface area (Å²) < 4.78 is 1.33. The third-order valence-electron chi connectivity index (χ3n) is 5.54. The molecular formula is C23H50N+. The largest absolute Gasteiger partial charge is 0.326 e. The molecule has 0 aliphatic rings. The molecule has 1 heteroatoms. The van der Waals surface area contributed by atoms with Gasteiger partial charge in [0.25, 0.3) is 0 Å². The Labute approximate surface area is 155 Å². The van der Waals surface area contributed by atoms with E-state index in [0.717, 1.165) is 5.92 Å². The Kier molecular flexibility index (Phi) is 16.4. The second-order valence-electron chi connectivity index (χ2n) is 8.86. The van der Waals surface area contributed by atoms with Gasteiger partial charge in [0, 0.05) is 0 Å². The summed E-state index contributed by atoms with van der Waals surface area (Å²) in [6, 6.07) is 0. The summed E-state index contributed by atoms with van der Waals surface area (Å²) in [5.41, 5.74) is 0. The van der Waals surface area contributed by atoms with Gasteiger partial charge in [0.15, 0.2) is 0 Å². The first-order valence-corrected chi connectivity index (χ1v) is 11.4. The molecule has 0 aromatic rings. The Morgan fingerprint density at radius 1 is 0.542 bits per heavy atom. The first kappa shape index (κ1) is 24.0. The number of hydrogen-bond donors (Lipinski definition) is 0. The van der Waals surface area contributed by atoms with Gasteiger partial charge in [-0.2, -0.15) is 0 Å². The first-order chi connectivity index (χ1) is 11.5. The summed E-state index contributed by atoms with van der Waals surface area (Å²) in [7, 11) is 2.50. The third-order valence-corrected chi connectivity index (χ3v) is 5.54. The topological polar surface area (TPSA) is 0 Å². The molecule has 0 heterocycles. The van der Waals surface area contributed by atoms with Crippen LogP contribution in [0.5, 0.6) is 0 Å². The molecule has 1 unspecified atom stereocenters. The summed E-state index contributed by atoms with van der Waals surface area (Å²) in [6.07, 6.45) is 20.1. The Bertz CT molecular complexity index is 248. The molecule has 0 fully saturated rings. The maximum Gasteiger partial charge on any atom is 0.0784 e. The second kappa shape index (κ2) is 16.4. The van der Waals surface area contributed by atoms with Gasteiger partial charge in [-0.15, -0.1) is 0 Å². The fourth-order valence-corrected chi connectivity index (χ4v) is 3.90. The summed E-state index contributed by atoms with van der Waals surface area (Å²) in [5, 5.41) is 0. The zero-order chi connectivity index (χ0) is 18.1. The molecule has 0 spiro atoms. The van der Waals surface area contributed by atoms with E-state index in [1.165, 1.54) is 114 Å². The van der Waals surface area contributed by atoms with Crippen molar-refractivity contribution in [2.45, 2.75) is 118 Å². The van der Waals surface area contributed by atoms with Crippen LogP contribution in [0.15, 0.2) is 0 Å². The van der Waals surface area contributed by atoms with Gasteiger partial charge in [-0.25, -0.2) is 0 Å². The maximum absolute atomic E-state index is 2.50. The highest BCUT2D eigenvalue weighted by Crippen LogP contribution is 2.15. The third kappa shape index (κ3) is 15.5. The van der Waals surface area contributed by atoms with E-state index in [-0.39, 0.29) is 0 Å². The van der Waals surface area contributed by atoms with E-state index in [4.69, 9.17) is 0 Å². The average Bonchev–Trinajstić information content (AvgIpc) is 2.53. The van der Waals surface area contributed by atoms with Crippen LogP contribution in [0, 0.1) is 5.92 Å². The summed E-state index contributed by atoms with van der Waals surface area (Å²) in [4.78, 5) is 0. The van der Waals surface area contributed by atoms with Gasteiger partial charge in [0.1, 0.15) is 0 Å². The van der Waals surface area contributed by atoms with Gasteiger partial charge in [-0.1, -0.05) is 85.5 Å². The smallest absolute Gasteiger partial charge is 0.0784 e. The highest BCUT2D eigenvalue weighted by atomic mass is 15.3.